The zero-order valence-corrected chi connectivity index (χ0v) is 12.2. The Morgan fingerprint density at radius 2 is 2.09 bits per heavy atom. The zero-order valence-electron chi connectivity index (χ0n) is 12.2. The summed E-state index contributed by atoms with van der Waals surface area (Å²) in [7, 11) is 0. The lowest BCUT2D eigenvalue weighted by Crippen LogP contribution is -2.17. The molecule has 0 unspecified atom stereocenters. The maximum absolute atomic E-state index is 12.5. The first kappa shape index (κ1) is 13.1. The maximum Gasteiger partial charge on any atom is 0.256 e. The van der Waals surface area contributed by atoms with Crippen molar-refractivity contribution in [1.82, 2.24) is 14.8 Å². The van der Waals surface area contributed by atoms with Crippen molar-refractivity contribution in [3.63, 3.8) is 0 Å². The van der Waals surface area contributed by atoms with Gasteiger partial charge in [-0.05, 0) is 36.4 Å². The lowest BCUT2D eigenvalue weighted by molar-refractivity contribution is 0.102. The van der Waals surface area contributed by atoms with Crippen molar-refractivity contribution < 1.29 is 4.79 Å². The average Bonchev–Trinajstić information content (AvgIpc) is 3.27. The van der Waals surface area contributed by atoms with Crippen LogP contribution < -0.4 is 5.32 Å². The Morgan fingerprint density at radius 3 is 2.95 bits per heavy atom. The van der Waals surface area contributed by atoms with Gasteiger partial charge < -0.3 is 10.3 Å². The van der Waals surface area contributed by atoms with Crippen LogP contribution in [0, 0.1) is 0 Å². The Kier molecular flexibility index (Phi) is 3.18. The summed E-state index contributed by atoms with van der Waals surface area (Å²) in [6, 6.07) is 9.95. The highest BCUT2D eigenvalue weighted by molar-refractivity contribution is 6.05. The number of fused-ring (bicyclic) bond motifs is 1. The monoisotopic (exact) mass is 294 g/mol. The van der Waals surface area contributed by atoms with Gasteiger partial charge in [0.15, 0.2) is 0 Å². The lowest BCUT2D eigenvalue weighted by atomic mass is 10.1. The van der Waals surface area contributed by atoms with E-state index in [0.717, 1.165) is 29.6 Å². The average molecular weight is 294 g/mol. The molecule has 3 aromatic rings. The van der Waals surface area contributed by atoms with E-state index in [-0.39, 0.29) is 5.91 Å². The minimum Gasteiger partial charge on any atom is -0.361 e. The molecule has 0 aliphatic heterocycles. The Hall–Kier alpha value is -2.56. The second-order valence-electron chi connectivity index (χ2n) is 5.83. The largest absolute Gasteiger partial charge is 0.361 e. The first-order valence-corrected chi connectivity index (χ1v) is 7.73. The molecule has 2 heterocycles. The number of aromatic amines is 1. The Bertz CT molecular complexity index is 811. The number of rotatable bonds is 3. The Labute approximate surface area is 128 Å². The fourth-order valence-corrected chi connectivity index (χ4v) is 3.23. The van der Waals surface area contributed by atoms with Crippen LogP contribution in [0.15, 0.2) is 42.7 Å². The van der Waals surface area contributed by atoms with Crippen LogP contribution in [0.2, 0.25) is 0 Å². The summed E-state index contributed by atoms with van der Waals surface area (Å²) in [5.74, 6) is 0.680. The smallest absolute Gasteiger partial charge is 0.256 e. The van der Waals surface area contributed by atoms with E-state index in [1.54, 1.807) is 6.20 Å². The second-order valence-corrected chi connectivity index (χ2v) is 5.83. The fraction of sp³-hybridized carbons (Fsp3) is 0.294. The number of amides is 1. The Balaban J connectivity index is 1.57. The molecule has 0 spiro atoms. The van der Waals surface area contributed by atoms with Crippen molar-refractivity contribution in [1.29, 1.82) is 0 Å². The molecule has 4 rings (SSSR count). The number of benzene rings is 1. The summed E-state index contributed by atoms with van der Waals surface area (Å²) < 4.78 is 1.96. The molecule has 2 aromatic heterocycles. The molecule has 22 heavy (non-hydrogen) atoms. The summed E-state index contributed by atoms with van der Waals surface area (Å²) in [5, 5.41) is 8.47. The molecule has 0 atom stereocenters. The van der Waals surface area contributed by atoms with Gasteiger partial charge in [-0.1, -0.05) is 18.9 Å². The van der Waals surface area contributed by atoms with Crippen LogP contribution in [-0.4, -0.2) is 20.7 Å². The van der Waals surface area contributed by atoms with Crippen molar-refractivity contribution >= 4 is 22.6 Å². The SMILES string of the molecule is O=C(Nc1ccnn1C1CCCC1)c1ccc2cc[nH]c2c1. The van der Waals surface area contributed by atoms with E-state index in [0.29, 0.717) is 11.6 Å². The van der Waals surface area contributed by atoms with Gasteiger partial charge in [-0.2, -0.15) is 5.10 Å². The van der Waals surface area contributed by atoms with Crippen molar-refractivity contribution in [2.45, 2.75) is 31.7 Å². The van der Waals surface area contributed by atoms with Gasteiger partial charge in [0.05, 0.1) is 12.2 Å². The molecule has 0 saturated heterocycles. The molecule has 1 fully saturated rings. The van der Waals surface area contributed by atoms with Gasteiger partial charge in [0.1, 0.15) is 5.82 Å². The van der Waals surface area contributed by atoms with E-state index < -0.39 is 0 Å². The topological polar surface area (TPSA) is 62.7 Å². The molecule has 1 aliphatic carbocycles. The molecule has 2 N–H and O–H groups in total. The van der Waals surface area contributed by atoms with Crippen LogP contribution in [0.25, 0.3) is 10.9 Å². The number of carbonyl (C=O) groups is 1. The molecule has 1 aliphatic rings. The van der Waals surface area contributed by atoms with Crippen LogP contribution in [0.1, 0.15) is 42.1 Å². The first-order chi connectivity index (χ1) is 10.8. The summed E-state index contributed by atoms with van der Waals surface area (Å²) >= 11 is 0. The molecular formula is C17H18N4O. The number of hydrogen-bond acceptors (Lipinski definition) is 2. The number of carbonyl (C=O) groups excluding carboxylic acids is 1. The molecule has 1 saturated carbocycles. The minimum atomic E-state index is -0.101. The highest BCUT2D eigenvalue weighted by atomic mass is 16.1. The van der Waals surface area contributed by atoms with Crippen molar-refractivity contribution in [3.8, 4) is 0 Å². The van der Waals surface area contributed by atoms with Crippen molar-refractivity contribution in [2.24, 2.45) is 0 Å². The van der Waals surface area contributed by atoms with Gasteiger partial charge in [0.2, 0.25) is 0 Å². The molecule has 5 heteroatoms. The highest BCUT2D eigenvalue weighted by Gasteiger charge is 2.20. The highest BCUT2D eigenvalue weighted by Crippen LogP contribution is 2.31. The molecule has 1 amide bonds. The van der Waals surface area contributed by atoms with Gasteiger partial charge in [-0.3, -0.25) is 4.79 Å². The van der Waals surface area contributed by atoms with E-state index in [2.05, 4.69) is 15.4 Å². The van der Waals surface area contributed by atoms with E-state index in [1.165, 1.54) is 12.8 Å². The number of hydrogen-bond donors (Lipinski definition) is 2. The Morgan fingerprint density at radius 1 is 1.23 bits per heavy atom. The van der Waals surface area contributed by atoms with Crippen LogP contribution >= 0.6 is 0 Å². The summed E-state index contributed by atoms with van der Waals surface area (Å²) in [4.78, 5) is 15.6. The quantitative estimate of drug-likeness (QED) is 0.773. The van der Waals surface area contributed by atoms with Crippen molar-refractivity contribution in [3.05, 3.63) is 48.3 Å². The first-order valence-electron chi connectivity index (χ1n) is 7.73. The lowest BCUT2D eigenvalue weighted by Gasteiger charge is -2.14. The van der Waals surface area contributed by atoms with E-state index in [4.69, 9.17) is 0 Å². The zero-order chi connectivity index (χ0) is 14.9. The number of anilines is 1. The van der Waals surface area contributed by atoms with Gasteiger partial charge >= 0.3 is 0 Å². The molecule has 112 valence electrons. The number of nitrogens with one attached hydrogen (secondary N) is 2. The van der Waals surface area contributed by atoms with Crippen LogP contribution in [0.4, 0.5) is 5.82 Å². The van der Waals surface area contributed by atoms with E-state index >= 15 is 0 Å². The number of H-pyrrole nitrogens is 1. The number of aromatic nitrogens is 3. The normalized spacial score (nSPS) is 15.5. The summed E-state index contributed by atoms with van der Waals surface area (Å²) in [5.41, 5.74) is 1.62. The van der Waals surface area contributed by atoms with Crippen LogP contribution in [-0.2, 0) is 0 Å². The third kappa shape index (κ3) is 2.28. The maximum atomic E-state index is 12.5. The minimum absolute atomic E-state index is 0.101. The van der Waals surface area contributed by atoms with Gasteiger partial charge in [-0.15, -0.1) is 0 Å². The second kappa shape index (κ2) is 5.33. The molecule has 0 bridgehead atoms. The third-order valence-electron chi connectivity index (χ3n) is 4.40. The fourth-order valence-electron chi connectivity index (χ4n) is 3.23. The predicted octanol–water partition coefficient (Wildman–Crippen LogP) is 3.73. The summed E-state index contributed by atoms with van der Waals surface area (Å²) in [6.45, 7) is 0. The molecular weight excluding hydrogens is 276 g/mol. The van der Waals surface area contributed by atoms with Crippen LogP contribution in [0.5, 0.6) is 0 Å². The number of nitrogens with zero attached hydrogens (tertiary/aromatic N) is 2. The standard InChI is InChI=1S/C17H18N4O/c22-17(13-6-5-12-7-9-18-15(12)11-13)20-16-8-10-19-21(16)14-3-1-2-4-14/h5-11,14,18H,1-4H2,(H,20,22). The molecule has 0 radical (unpaired) electrons. The van der Waals surface area contributed by atoms with E-state index in [9.17, 15) is 4.79 Å². The van der Waals surface area contributed by atoms with E-state index in [1.807, 2.05) is 41.2 Å². The van der Waals surface area contributed by atoms with Gasteiger partial charge in [-0.25, -0.2) is 4.68 Å². The molecule has 1 aromatic carbocycles. The van der Waals surface area contributed by atoms with Crippen LogP contribution in [0.3, 0.4) is 0 Å². The summed E-state index contributed by atoms with van der Waals surface area (Å²) in [6.07, 6.45) is 8.38. The predicted molar refractivity (Wildman–Crippen MR) is 86.0 cm³/mol. The molecule has 5 nitrogen and oxygen atoms in total. The van der Waals surface area contributed by atoms with Gasteiger partial charge in [0.25, 0.3) is 5.91 Å². The third-order valence-corrected chi connectivity index (χ3v) is 4.40. The van der Waals surface area contributed by atoms with Crippen molar-refractivity contribution in [2.75, 3.05) is 5.32 Å². The van der Waals surface area contributed by atoms with Gasteiger partial charge in [0, 0.05) is 23.3 Å².